The Morgan fingerprint density at radius 1 is 1.58 bits per heavy atom. The fraction of sp³-hybridized carbons (Fsp3) is 0.462. The van der Waals surface area contributed by atoms with Gasteiger partial charge in [-0.3, -0.25) is 4.79 Å². The van der Waals surface area contributed by atoms with E-state index in [4.69, 9.17) is 16.3 Å². The average molecular weight is 351 g/mol. The molecule has 104 valence electrons. The van der Waals surface area contributed by atoms with Crippen LogP contribution >= 0.6 is 27.5 Å². The molecule has 1 amide bonds. The SMILES string of the molecule is CC1COC(CCl)CN1C(=O)c1cc(F)cc(Br)c1. The molecule has 1 aromatic rings. The number of morpholine rings is 1. The Morgan fingerprint density at radius 2 is 2.32 bits per heavy atom. The van der Waals surface area contributed by atoms with Crippen LogP contribution in [0.15, 0.2) is 22.7 Å². The Kier molecular flexibility index (Phi) is 4.81. The number of carbonyl (C=O) groups excluding carboxylic acids is 1. The van der Waals surface area contributed by atoms with E-state index in [1.165, 1.54) is 12.1 Å². The first-order chi connectivity index (χ1) is 9.01. The number of amides is 1. The molecule has 1 fully saturated rings. The number of ether oxygens (including phenoxy) is 1. The predicted molar refractivity (Wildman–Crippen MR) is 75.1 cm³/mol. The van der Waals surface area contributed by atoms with Crippen LogP contribution in [0.3, 0.4) is 0 Å². The molecule has 6 heteroatoms. The quantitative estimate of drug-likeness (QED) is 0.767. The molecule has 2 rings (SSSR count). The van der Waals surface area contributed by atoms with Crippen LogP contribution in [0.25, 0.3) is 0 Å². The summed E-state index contributed by atoms with van der Waals surface area (Å²) in [4.78, 5) is 14.1. The maximum absolute atomic E-state index is 13.3. The first kappa shape index (κ1) is 14.8. The normalized spacial score (nSPS) is 23.5. The Bertz CT molecular complexity index is 465. The molecule has 0 bridgehead atoms. The molecule has 2 unspecified atom stereocenters. The van der Waals surface area contributed by atoms with E-state index in [0.717, 1.165) is 0 Å². The minimum absolute atomic E-state index is 0.0472. The Labute approximate surface area is 124 Å². The van der Waals surface area contributed by atoms with E-state index in [9.17, 15) is 9.18 Å². The molecular weight excluding hydrogens is 337 g/mol. The van der Waals surface area contributed by atoms with Crippen LogP contribution in [0.4, 0.5) is 4.39 Å². The van der Waals surface area contributed by atoms with Gasteiger partial charge in [0, 0.05) is 16.6 Å². The summed E-state index contributed by atoms with van der Waals surface area (Å²) in [6.45, 7) is 2.77. The number of benzene rings is 1. The number of alkyl halides is 1. The lowest BCUT2D eigenvalue weighted by molar-refractivity contribution is -0.0371. The van der Waals surface area contributed by atoms with Crippen molar-refractivity contribution in [2.24, 2.45) is 0 Å². The van der Waals surface area contributed by atoms with Crippen LogP contribution in [0.2, 0.25) is 0 Å². The van der Waals surface area contributed by atoms with Crippen LogP contribution in [0.1, 0.15) is 17.3 Å². The summed E-state index contributed by atoms with van der Waals surface area (Å²) < 4.78 is 19.4. The van der Waals surface area contributed by atoms with Crippen molar-refractivity contribution in [2.75, 3.05) is 19.0 Å². The van der Waals surface area contributed by atoms with Crippen molar-refractivity contribution in [3.63, 3.8) is 0 Å². The van der Waals surface area contributed by atoms with Crippen molar-refractivity contribution in [1.29, 1.82) is 0 Å². The molecule has 19 heavy (non-hydrogen) atoms. The summed E-state index contributed by atoms with van der Waals surface area (Å²) in [5, 5.41) is 0. The summed E-state index contributed by atoms with van der Waals surface area (Å²) >= 11 is 8.95. The van der Waals surface area contributed by atoms with Gasteiger partial charge in [0.25, 0.3) is 5.91 Å². The second-order valence-corrected chi connectivity index (χ2v) is 5.80. The highest BCUT2D eigenvalue weighted by Crippen LogP contribution is 2.20. The van der Waals surface area contributed by atoms with Gasteiger partial charge >= 0.3 is 0 Å². The van der Waals surface area contributed by atoms with Crippen molar-refractivity contribution in [1.82, 2.24) is 4.90 Å². The van der Waals surface area contributed by atoms with E-state index in [2.05, 4.69) is 15.9 Å². The van der Waals surface area contributed by atoms with Crippen molar-refractivity contribution < 1.29 is 13.9 Å². The number of hydrogen-bond acceptors (Lipinski definition) is 2. The van der Waals surface area contributed by atoms with E-state index in [1.807, 2.05) is 6.92 Å². The third-order valence-electron chi connectivity index (χ3n) is 3.05. The zero-order valence-electron chi connectivity index (χ0n) is 10.4. The summed E-state index contributed by atoms with van der Waals surface area (Å²) in [5.74, 6) is -0.303. The molecule has 1 aliphatic heterocycles. The molecule has 0 aliphatic carbocycles. The number of rotatable bonds is 2. The van der Waals surface area contributed by atoms with Crippen LogP contribution < -0.4 is 0 Å². The fourth-order valence-electron chi connectivity index (χ4n) is 2.04. The minimum Gasteiger partial charge on any atom is -0.373 e. The van der Waals surface area contributed by atoms with Gasteiger partial charge in [-0.25, -0.2) is 4.39 Å². The summed E-state index contributed by atoms with van der Waals surface area (Å²) in [5.41, 5.74) is 0.328. The first-order valence-corrected chi connectivity index (χ1v) is 7.28. The monoisotopic (exact) mass is 349 g/mol. The van der Waals surface area contributed by atoms with Crippen molar-refractivity contribution >= 4 is 33.4 Å². The first-order valence-electron chi connectivity index (χ1n) is 5.96. The topological polar surface area (TPSA) is 29.5 Å². The van der Waals surface area contributed by atoms with Gasteiger partial charge in [-0.1, -0.05) is 15.9 Å². The van der Waals surface area contributed by atoms with E-state index >= 15 is 0 Å². The van der Waals surface area contributed by atoms with Crippen molar-refractivity contribution in [3.8, 4) is 0 Å². The highest BCUT2D eigenvalue weighted by molar-refractivity contribution is 9.10. The maximum Gasteiger partial charge on any atom is 0.254 e. The smallest absolute Gasteiger partial charge is 0.254 e. The van der Waals surface area contributed by atoms with E-state index in [0.29, 0.717) is 29.1 Å². The van der Waals surface area contributed by atoms with Gasteiger partial charge in [0.15, 0.2) is 0 Å². The molecular formula is C13H14BrClFNO2. The van der Waals surface area contributed by atoms with E-state index in [1.54, 1.807) is 11.0 Å². The summed E-state index contributed by atoms with van der Waals surface area (Å²) in [6.07, 6.45) is -0.168. The summed E-state index contributed by atoms with van der Waals surface area (Å²) in [6, 6.07) is 4.13. The molecule has 0 N–H and O–H groups in total. The van der Waals surface area contributed by atoms with E-state index < -0.39 is 5.82 Å². The highest BCUT2D eigenvalue weighted by Gasteiger charge is 2.30. The molecule has 1 aromatic carbocycles. The van der Waals surface area contributed by atoms with Gasteiger partial charge < -0.3 is 9.64 Å². The van der Waals surface area contributed by atoms with Crippen LogP contribution in [-0.4, -0.2) is 42.0 Å². The number of nitrogens with zero attached hydrogens (tertiary/aromatic N) is 1. The van der Waals surface area contributed by atoms with Crippen LogP contribution in [0, 0.1) is 5.82 Å². The van der Waals surface area contributed by atoms with Crippen molar-refractivity contribution in [2.45, 2.75) is 19.1 Å². The number of halogens is 3. The van der Waals surface area contributed by atoms with Crippen LogP contribution in [0.5, 0.6) is 0 Å². The molecule has 0 saturated carbocycles. The Morgan fingerprint density at radius 3 is 2.95 bits per heavy atom. The number of carbonyl (C=O) groups is 1. The lowest BCUT2D eigenvalue weighted by Crippen LogP contribution is -2.51. The van der Waals surface area contributed by atoms with Gasteiger partial charge in [-0.15, -0.1) is 11.6 Å². The lowest BCUT2D eigenvalue weighted by Gasteiger charge is -2.37. The van der Waals surface area contributed by atoms with Gasteiger partial charge in [0.05, 0.1) is 24.6 Å². The molecule has 1 heterocycles. The lowest BCUT2D eigenvalue weighted by atomic mass is 10.1. The van der Waals surface area contributed by atoms with Gasteiger partial charge in [0.1, 0.15) is 5.82 Å². The standard InChI is InChI=1S/C13H14BrClFNO2/c1-8-7-19-12(5-15)6-17(8)13(18)9-2-10(14)4-11(16)3-9/h2-4,8,12H,5-7H2,1H3. The zero-order valence-corrected chi connectivity index (χ0v) is 12.7. The maximum atomic E-state index is 13.3. The molecule has 1 aliphatic rings. The second-order valence-electron chi connectivity index (χ2n) is 4.57. The van der Waals surface area contributed by atoms with Crippen molar-refractivity contribution in [3.05, 3.63) is 34.1 Å². The number of hydrogen-bond donors (Lipinski definition) is 0. The third-order valence-corrected chi connectivity index (χ3v) is 3.85. The molecule has 3 nitrogen and oxygen atoms in total. The average Bonchev–Trinajstić information content (AvgIpc) is 2.37. The van der Waals surface area contributed by atoms with Gasteiger partial charge in [-0.05, 0) is 25.1 Å². The largest absolute Gasteiger partial charge is 0.373 e. The molecule has 1 saturated heterocycles. The molecule has 0 aromatic heterocycles. The zero-order chi connectivity index (χ0) is 14.0. The second kappa shape index (κ2) is 6.20. The summed E-state index contributed by atoms with van der Waals surface area (Å²) in [7, 11) is 0. The molecule has 2 atom stereocenters. The minimum atomic E-state index is -0.437. The Balaban J connectivity index is 2.21. The predicted octanol–water partition coefficient (Wildman–Crippen LogP) is 3.06. The third kappa shape index (κ3) is 3.46. The molecule has 0 radical (unpaired) electrons. The Hall–Kier alpha value is -0.650. The molecule has 0 spiro atoms. The van der Waals surface area contributed by atoms with Gasteiger partial charge in [-0.2, -0.15) is 0 Å². The fourth-order valence-corrected chi connectivity index (χ4v) is 2.69. The van der Waals surface area contributed by atoms with Crippen LogP contribution in [-0.2, 0) is 4.74 Å². The van der Waals surface area contributed by atoms with Gasteiger partial charge in [0.2, 0.25) is 0 Å². The highest BCUT2D eigenvalue weighted by atomic mass is 79.9. The van der Waals surface area contributed by atoms with E-state index in [-0.39, 0.29) is 18.1 Å².